The number of benzene rings is 2. The molecule has 0 aliphatic carbocycles. The van der Waals surface area contributed by atoms with Crippen molar-refractivity contribution >= 4 is 40.7 Å². The summed E-state index contributed by atoms with van der Waals surface area (Å²) in [6, 6.07) is 11.9. The molecule has 2 amide bonds. The Labute approximate surface area is 189 Å². The van der Waals surface area contributed by atoms with Crippen molar-refractivity contribution in [3.63, 3.8) is 0 Å². The number of nitrogens with zero attached hydrogens (tertiary/aromatic N) is 2. The van der Waals surface area contributed by atoms with Gasteiger partial charge < -0.3 is 20.1 Å². The SMILES string of the molecule is Cc1onc(-c2ccccc2Cl)c1C(=O)Nc1ccc(C(=O)N2CCNCC2)c(Cl)c1. The van der Waals surface area contributed by atoms with Crippen LogP contribution in [0.25, 0.3) is 11.3 Å². The second-order valence-electron chi connectivity index (χ2n) is 7.13. The van der Waals surface area contributed by atoms with Gasteiger partial charge in [-0.15, -0.1) is 0 Å². The maximum absolute atomic E-state index is 13.0. The number of nitrogens with one attached hydrogen (secondary N) is 2. The maximum Gasteiger partial charge on any atom is 0.261 e. The highest BCUT2D eigenvalue weighted by atomic mass is 35.5. The second-order valence-corrected chi connectivity index (χ2v) is 7.95. The molecule has 7 nitrogen and oxygen atoms in total. The molecule has 0 radical (unpaired) electrons. The molecule has 0 atom stereocenters. The standard InChI is InChI=1S/C22H20Cl2N4O3/c1-13-19(20(27-31-13)15-4-2-3-5-17(15)23)21(29)26-14-6-7-16(18(24)12-14)22(30)28-10-8-25-9-11-28/h2-7,12,25H,8-11H2,1H3,(H,26,29). The van der Waals surface area contributed by atoms with Gasteiger partial charge in [0.15, 0.2) is 0 Å². The van der Waals surface area contributed by atoms with Crippen molar-refractivity contribution in [2.75, 3.05) is 31.5 Å². The molecule has 1 aliphatic rings. The molecule has 1 saturated heterocycles. The van der Waals surface area contributed by atoms with E-state index in [1.54, 1.807) is 54.3 Å². The number of carbonyl (C=O) groups is 2. The number of halogens is 2. The van der Waals surface area contributed by atoms with E-state index in [4.69, 9.17) is 27.7 Å². The monoisotopic (exact) mass is 458 g/mol. The van der Waals surface area contributed by atoms with Gasteiger partial charge in [0, 0.05) is 37.4 Å². The van der Waals surface area contributed by atoms with E-state index in [9.17, 15) is 9.59 Å². The number of hydrogen-bond acceptors (Lipinski definition) is 5. The number of carbonyl (C=O) groups excluding carboxylic acids is 2. The molecule has 2 N–H and O–H groups in total. The van der Waals surface area contributed by atoms with Crippen LogP contribution in [-0.2, 0) is 0 Å². The molecule has 2 heterocycles. The highest BCUT2D eigenvalue weighted by molar-refractivity contribution is 6.34. The van der Waals surface area contributed by atoms with E-state index in [-0.39, 0.29) is 16.5 Å². The van der Waals surface area contributed by atoms with Crippen molar-refractivity contribution in [3.05, 3.63) is 69.4 Å². The predicted octanol–water partition coefficient (Wildman–Crippen LogP) is 4.25. The van der Waals surface area contributed by atoms with Crippen molar-refractivity contribution in [2.24, 2.45) is 0 Å². The van der Waals surface area contributed by atoms with Crippen molar-refractivity contribution in [1.82, 2.24) is 15.4 Å². The average Bonchev–Trinajstić information content (AvgIpc) is 3.15. The summed E-state index contributed by atoms with van der Waals surface area (Å²) < 4.78 is 5.25. The number of amides is 2. The third-order valence-electron chi connectivity index (χ3n) is 5.08. The molecule has 0 spiro atoms. The van der Waals surface area contributed by atoms with E-state index in [1.165, 1.54) is 0 Å². The van der Waals surface area contributed by atoms with Crippen LogP contribution < -0.4 is 10.6 Å². The molecular weight excluding hydrogens is 439 g/mol. The average molecular weight is 459 g/mol. The summed E-state index contributed by atoms with van der Waals surface area (Å²) in [5.74, 6) is -0.171. The van der Waals surface area contributed by atoms with Crippen LogP contribution in [0.4, 0.5) is 5.69 Å². The third-order valence-corrected chi connectivity index (χ3v) is 5.72. The molecule has 0 unspecified atom stereocenters. The molecule has 1 fully saturated rings. The normalized spacial score (nSPS) is 13.8. The van der Waals surface area contributed by atoms with E-state index in [1.807, 2.05) is 0 Å². The Morgan fingerprint density at radius 3 is 2.55 bits per heavy atom. The highest BCUT2D eigenvalue weighted by Gasteiger charge is 2.24. The van der Waals surface area contributed by atoms with Crippen LogP contribution in [0, 0.1) is 6.92 Å². The zero-order valence-electron chi connectivity index (χ0n) is 16.7. The summed E-state index contributed by atoms with van der Waals surface area (Å²) in [6.07, 6.45) is 0. The van der Waals surface area contributed by atoms with Gasteiger partial charge in [0.2, 0.25) is 0 Å². The van der Waals surface area contributed by atoms with Crippen LogP contribution in [0.1, 0.15) is 26.5 Å². The number of hydrogen-bond donors (Lipinski definition) is 2. The Morgan fingerprint density at radius 1 is 1.10 bits per heavy atom. The number of aromatic nitrogens is 1. The van der Waals surface area contributed by atoms with Crippen molar-refractivity contribution in [3.8, 4) is 11.3 Å². The molecule has 1 aromatic heterocycles. The number of rotatable bonds is 4. The fourth-order valence-corrected chi connectivity index (χ4v) is 3.96. The van der Waals surface area contributed by atoms with Gasteiger partial charge in [-0.2, -0.15) is 0 Å². The Bertz CT molecular complexity index is 1140. The van der Waals surface area contributed by atoms with Gasteiger partial charge in [0.1, 0.15) is 17.0 Å². The number of piperazine rings is 1. The topological polar surface area (TPSA) is 87.5 Å². The smallest absolute Gasteiger partial charge is 0.261 e. The number of anilines is 1. The quantitative estimate of drug-likeness (QED) is 0.609. The van der Waals surface area contributed by atoms with Gasteiger partial charge in [-0.3, -0.25) is 9.59 Å². The van der Waals surface area contributed by atoms with Crippen molar-refractivity contribution < 1.29 is 14.1 Å². The van der Waals surface area contributed by atoms with Crippen LogP contribution in [0.5, 0.6) is 0 Å². The highest BCUT2D eigenvalue weighted by Crippen LogP contribution is 2.32. The summed E-state index contributed by atoms with van der Waals surface area (Å²) >= 11 is 12.6. The minimum absolute atomic E-state index is 0.125. The lowest BCUT2D eigenvalue weighted by Gasteiger charge is -2.27. The van der Waals surface area contributed by atoms with Crippen molar-refractivity contribution in [1.29, 1.82) is 0 Å². The predicted molar refractivity (Wildman–Crippen MR) is 120 cm³/mol. The third kappa shape index (κ3) is 4.44. The van der Waals surface area contributed by atoms with E-state index in [0.717, 1.165) is 13.1 Å². The van der Waals surface area contributed by atoms with E-state index >= 15 is 0 Å². The largest absolute Gasteiger partial charge is 0.360 e. The molecule has 2 aromatic carbocycles. The van der Waals surface area contributed by atoms with Gasteiger partial charge >= 0.3 is 0 Å². The molecular formula is C22H20Cl2N4O3. The van der Waals surface area contributed by atoms with Gasteiger partial charge in [-0.05, 0) is 31.2 Å². The van der Waals surface area contributed by atoms with Crippen LogP contribution >= 0.6 is 23.2 Å². The van der Waals surface area contributed by atoms with E-state index in [2.05, 4.69) is 15.8 Å². The molecule has 1 aliphatic heterocycles. The lowest BCUT2D eigenvalue weighted by molar-refractivity contribution is 0.0736. The zero-order valence-corrected chi connectivity index (χ0v) is 18.3. The Kier molecular flexibility index (Phi) is 6.27. The summed E-state index contributed by atoms with van der Waals surface area (Å²) in [7, 11) is 0. The molecule has 0 saturated carbocycles. The summed E-state index contributed by atoms with van der Waals surface area (Å²) in [6.45, 7) is 4.42. The molecule has 0 bridgehead atoms. The van der Waals surface area contributed by atoms with Gasteiger partial charge in [-0.1, -0.05) is 46.6 Å². The maximum atomic E-state index is 13.0. The summed E-state index contributed by atoms with van der Waals surface area (Å²) in [5, 5.41) is 10.8. The first kappa shape index (κ1) is 21.4. The van der Waals surface area contributed by atoms with Crippen LogP contribution in [0.15, 0.2) is 47.0 Å². The second kappa shape index (κ2) is 9.09. The first-order valence-electron chi connectivity index (χ1n) is 9.78. The molecule has 9 heteroatoms. The number of aryl methyl sites for hydroxylation is 1. The molecule has 3 aromatic rings. The Balaban J connectivity index is 1.56. The summed E-state index contributed by atoms with van der Waals surface area (Å²) in [4.78, 5) is 27.5. The summed E-state index contributed by atoms with van der Waals surface area (Å²) in [5.41, 5.74) is 2.10. The lowest BCUT2D eigenvalue weighted by Crippen LogP contribution is -2.46. The molecule has 31 heavy (non-hydrogen) atoms. The van der Waals surface area contributed by atoms with Gasteiger partial charge in [0.05, 0.1) is 15.6 Å². The van der Waals surface area contributed by atoms with Gasteiger partial charge in [-0.25, -0.2) is 0 Å². The molecule has 4 rings (SSSR count). The van der Waals surface area contributed by atoms with Crippen molar-refractivity contribution in [2.45, 2.75) is 6.92 Å². The fourth-order valence-electron chi connectivity index (χ4n) is 3.47. The zero-order chi connectivity index (χ0) is 22.0. The van der Waals surface area contributed by atoms with Crippen LogP contribution in [-0.4, -0.2) is 48.0 Å². The minimum Gasteiger partial charge on any atom is -0.360 e. The van der Waals surface area contributed by atoms with Gasteiger partial charge in [0.25, 0.3) is 11.8 Å². The first-order chi connectivity index (χ1) is 15.0. The Morgan fingerprint density at radius 2 is 1.84 bits per heavy atom. The van der Waals surface area contributed by atoms with E-state index in [0.29, 0.717) is 46.4 Å². The van der Waals surface area contributed by atoms with Crippen LogP contribution in [0.2, 0.25) is 10.0 Å². The first-order valence-corrected chi connectivity index (χ1v) is 10.5. The Hall–Kier alpha value is -2.87. The lowest BCUT2D eigenvalue weighted by atomic mass is 10.1. The fraction of sp³-hybridized carbons (Fsp3) is 0.227. The van der Waals surface area contributed by atoms with E-state index < -0.39 is 5.91 Å². The molecule has 160 valence electrons. The minimum atomic E-state index is -0.411. The van der Waals surface area contributed by atoms with Crippen LogP contribution in [0.3, 0.4) is 0 Å².